The van der Waals surface area contributed by atoms with Crippen molar-refractivity contribution in [1.29, 1.82) is 0 Å². The molecule has 0 spiro atoms. The van der Waals surface area contributed by atoms with Gasteiger partial charge in [0.1, 0.15) is 5.75 Å². The molecule has 112 valence electrons. The molecule has 2 N–H and O–H groups in total. The predicted octanol–water partition coefficient (Wildman–Crippen LogP) is 1.64. The van der Waals surface area contributed by atoms with Crippen LogP contribution in [0.15, 0.2) is 35.3 Å². The summed E-state index contributed by atoms with van der Waals surface area (Å²) < 4.78 is 6.87. The summed E-state index contributed by atoms with van der Waals surface area (Å²) >= 11 is 0. The van der Waals surface area contributed by atoms with E-state index in [2.05, 4.69) is 5.10 Å². The summed E-state index contributed by atoms with van der Waals surface area (Å²) in [5.74, 6) is 0.492. The van der Waals surface area contributed by atoms with Crippen molar-refractivity contribution in [2.75, 3.05) is 13.2 Å². The molecule has 5 heteroatoms. The second-order valence-corrected chi connectivity index (χ2v) is 5.05. The van der Waals surface area contributed by atoms with E-state index in [0.717, 1.165) is 23.1 Å². The Labute approximate surface area is 124 Å². The van der Waals surface area contributed by atoms with E-state index < -0.39 is 0 Å². The lowest BCUT2D eigenvalue weighted by Gasteiger charge is -2.11. The highest BCUT2D eigenvalue weighted by Gasteiger charge is 2.06. The van der Waals surface area contributed by atoms with Gasteiger partial charge in [0.15, 0.2) is 0 Å². The largest absolute Gasteiger partial charge is 0.492 e. The van der Waals surface area contributed by atoms with Crippen LogP contribution < -0.4 is 16.0 Å². The molecule has 0 saturated carbocycles. The summed E-state index contributed by atoms with van der Waals surface area (Å²) in [7, 11) is 0. The monoisotopic (exact) mass is 287 g/mol. The number of benzene rings is 1. The van der Waals surface area contributed by atoms with Crippen molar-refractivity contribution in [2.24, 2.45) is 5.73 Å². The SMILES string of the molecule is Cc1cccc(C)c1Cn1ncc(OCCCN)cc1=O. The molecule has 0 aliphatic carbocycles. The zero-order valence-corrected chi connectivity index (χ0v) is 12.5. The Morgan fingerprint density at radius 1 is 1.29 bits per heavy atom. The summed E-state index contributed by atoms with van der Waals surface area (Å²) in [6, 6.07) is 7.56. The van der Waals surface area contributed by atoms with Crippen LogP contribution in [0, 0.1) is 13.8 Å². The molecule has 0 saturated heterocycles. The first kappa shape index (κ1) is 15.3. The van der Waals surface area contributed by atoms with Gasteiger partial charge in [0.05, 0.1) is 19.3 Å². The highest BCUT2D eigenvalue weighted by molar-refractivity contribution is 5.33. The molecule has 5 nitrogen and oxygen atoms in total. The van der Waals surface area contributed by atoms with Crippen molar-refractivity contribution in [3.8, 4) is 5.75 Å². The van der Waals surface area contributed by atoms with E-state index in [1.165, 1.54) is 10.7 Å². The van der Waals surface area contributed by atoms with Crippen molar-refractivity contribution in [2.45, 2.75) is 26.8 Å². The van der Waals surface area contributed by atoms with Gasteiger partial charge in [-0.25, -0.2) is 4.68 Å². The number of rotatable bonds is 6. The third kappa shape index (κ3) is 3.92. The lowest BCUT2D eigenvalue weighted by molar-refractivity contribution is 0.309. The Kier molecular flexibility index (Phi) is 5.11. The Morgan fingerprint density at radius 3 is 2.62 bits per heavy atom. The fourth-order valence-corrected chi connectivity index (χ4v) is 2.14. The van der Waals surface area contributed by atoms with Gasteiger partial charge in [0.25, 0.3) is 5.56 Å². The Bertz CT molecular complexity index is 645. The van der Waals surface area contributed by atoms with Crippen molar-refractivity contribution < 1.29 is 4.74 Å². The minimum atomic E-state index is -0.164. The molecule has 21 heavy (non-hydrogen) atoms. The normalized spacial score (nSPS) is 10.6. The van der Waals surface area contributed by atoms with Crippen molar-refractivity contribution in [3.63, 3.8) is 0 Å². The molecule has 2 rings (SSSR count). The van der Waals surface area contributed by atoms with Crippen molar-refractivity contribution in [3.05, 3.63) is 57.5 Å². The standard InChI is InChI=1S/C16H21N3O2/c1-12-5-3-6-13(2)15(12)11-19-16(20)9-14(10-18-19)21-8-4-7-17/h3,5-6,9-10H,4,7-8,11,17H2,1-2H3. The number of aromatic nitrogens is 2. The van der Waals surface area contributed by atoms with Crippen LogP contribution in [0.5, 0.6) is 5.75 Å². The summed E-state index contributed by atoms with van der Waals surface area (Å²) in [6.45, 7) is 5.62. The molecular formula is C16H21N3O2. The van der Waals surface area contributed by atoms with E-state index >= 15 is 0 Å². The van der Waals surface area contributed by atoms with Crippen LogP contribution in [0.25, 0.3) is 0 Å². The predicted molar refractivity (Wildman–Crippen MR) is 82.7 cm³/mol. The van der Waals surface area contributed by atoms with Gasteiger partial charge in [-0.15, -0.1) is 0 Å². The molecule has 1 heterocycles. The molecule has 0 radical (unpaired) electrons. The van der Waals surface area contributed by atoms with Crippen molar-refractivity contribution >= 4 is 0 Å². The third-order valence-electron chi connectivity index (χ3n) is 3.41. The first-order valence-corrected chi connectivity index (χ1v) is 7.07. The quantitative estimate of drug-likeness (QED) is 0.820. The number of nitrogens with two attached hydrogens (primary N) is 1. The molecule has 0 aliphatic rings. The lowest BCUT2D eigenvalue weighted by Crippen LogP contribution is -2.23. The van der Waals surface area contributed by atoms with Gasteiger partial charge in [-0.1, -0.05) is 18.2 Å². The molecular weight excluding hydrogens is 266 g/mol. The van der Waals surface area contributed by atoms with Gasteiger partial charge in [0.2, 0.25) is 0 Å². The number of hydrogen-bond acceptors (Lipinski definition) is 4. The third-order valence-corrected chi connectivity index (χ3v) is 3.41. The first-order valence-electron chi connectivity index (χ1n) is 7.07. The fourth-order valence-electron chi connectivity index (χ4n) is 2.14. The first-order chi connectivity index (χ1) is 10.1. The smallest absolute Gasteiger partial charge is 0.270 e. The van der Waals surface area contributed by atoms with Crippen LogP contribution >= 0.6 is 0 Å². The number of hydrogen-bond donors (Lipinski definition) is 1. The molecule has 0 fully saturated rings. The summed E-state index contributed by atoms with van der Waals surface area (Å²) in [4.78, 5) is 12.1. The van der Waals surface area contributed by atoms with Crippen LogP contribution in [-0.4, -0.2) is 22.9 Å². The average molecular weight is 287 g/mol. The maximum absolute atomic E-state index is 12.1. The zero-order valence-electron chi connectivity index (χ0n) is 12.5. The van der Waals surface area contributed by atoms with Gasteiger partial charge in [-0.05, 0) is 43.5 Å². The van der Waals surface area contributed by atoms with Gasteiger partial charge < -0.3 is 10.5 Å². The number of aryl methyl sites for hydroxylation is 2. The molecule has 0 unspecified atom stereocenters. The van der Waals surface area contributed by atoms with Crippen LogP contribution in [0.4, 0.5) is 0 Å². The molecule has 0 atom stereocenters. The van der Waals surface area contributed by atoms with Crippen LogP contribution in [0.3, 0.4) is 0 Å². The van der Waals surface area contributed by atoms with Gasteiger partial charge >= 0.3 is 0 Å². The Hall–Kier alpha value is -2.14. The Balaban J connectivity index is 2.16. The van der Waals surface area contributed by atoms with E-state index in [-0.39, 0.29) is 5.56 Å². The van der Waals surface area contributed by atoms with E-state index in [4.69, 9.17) is 10.5 Å². The minimum absolute atomic E-state index is 0.164. The number of ether oxygens (including phenoxy) is 1. The average Bonchev–Trinajstić information content (AvgIpc) is 2.45. The molecule has 1 aromatic carbocycles. The molecule has 1 aromatic heterocycles. The van der Waals surface area contributed by atoms with Crippen molar-refractivity contribution in [1.82, 2.24) is 9.78 Å². The van der Waals surface area contributed by atoms with E-state index in [9.17, 15) is 4.79 Å². The van der Waals surface area contributed by atoms with Gasteiger partial charge in [0, 0.05) is 6.07 Å². The van der Waals surface area contributed by atoms with Gasteiger partial charge in [-0.3, -0.25) is 4.79 Å². The summed E-state index contributed by atoms with van der Waals surface area (Å²) in [6.07, 6.45) is 2.33. The topological polar surface area (TPSA) is 70.1 Å². The Morgan fingerprint density at radius 2 is 2.00 bits per heavy atom. The van der Waals surface area contributed by atoms with Gasteiger partial charge in [-0.2, -0.15) is 5.10 Å². The highest BCUT2D eigenvalue weighted by atomic mass is 16.5. The van der Waals surface area contributed by atoms with Crippen LogP contribution in [-0.2, 0) is 6.54 Å². The summed E-state index contributed by atoms with van der Waals surface area (Å²) in [5.41, 5.74) is 8.68. The van der Waals surface area contributed by atoms with Crippen LogP contribution in [0.1, 0.15) is 23.1 Å². The minimum Gasteiger partial charge on any atom is -0.492 e. The molecule has 0 bridgehead atoms. The zero-order chi connectivity index (χ0) is 15.2. The van der Waals surface area contributed by atoms with Crippen LogP contribution in [0.2, 0.25) is 0 Å². The lowest BCUT2D eigenvalue weighted by atomic mass is 10.0. The number of nitrogens with zero attached hydrogens (tertiary/aromatic N) is 2. The van der Waals surface area contributed by atoms with E-state index in [0.29, 0.717) is 25.4 Å². The fraction of sp³-hybridized carbons (Fsp3) is 0.375. The summed E-state index contributed by atoms with van der Waals surface area (Å²) in [5, 5.41) is 4.18. The van der Waals surface area contributed by atoms with E-state index in [1.807, 2.05) is 32.0 Å². The second-order valence-electron chi connectivity index (χ2n) is 5.05. The van der Waals surface area contributed by atoms with E-state index in [1.54, 1.807) is 6.20 Å². The molecule has 0 aliphatic heterocycles. The molecule has 0 amide bonds. The second kappa shape index (κ2) is 7.04. The highest BCUT2D eigenvalue weighted by Crippen LogP contribution is 2.14. The molecule has 2 aromatic rings. The maximum atomic E-state index is 12.1. The maximum Gasteiger partial charge on any atom is 0.270 e.